The molecule has 4 nitrogen and oxygen atoms in total. The monoisotopic (exact) mass is 258 g/mol. The van der Waals surface area contributed by atoms with E-state index >= 15 is 0 Å². The first-order valence-electron chi connectivity index (χ1n) is 6.72. The molecule has 0 saturated heterocycles. The molecular formula is C15H18N2O2. The van der Waals surface area contributed by atoms with Gasteiger partial charge in [0.15, 0.2) is 0 Å². The lowest BCUT2D eigenvalue weighted by atomic mass is 10.1. The highest BCUT2D eigenvalue weighted by atomic mass is 16.5. The molecule has 0 aliphatic heterocycles. The van der Waals surface area contributed by atoms with Gasteiger partial charge < -0.3 is 14.4 Å². The molecule has 100 valence electrons. The molecule has 0 bridgehead atoms. The highest BCUT2D eigenvalue weighted by molar-refractivity contribution is 5.33. The Bertz CT molecular complexity index is 561. The normalized spacial score (nSPS) is 16.3. The molecule has 1 aliphatic rings. The summed E-state index contributed by atoms with van der Waals surface area (Å²) in [5.74, 6) is 0.788. The molecule has 0 spiro atoms. The van der Waals surface area contributed by atoms with E-state index in [9.17, 15) is 5.11 Å². The molecule has 4 heteroatoms. The van der Waals surface area contributed by atoms with Crippen LogP contribution in [0.1, 0.15) is 43.2 Å². The van der Waals surface area contributed by atoms with Crippen LogP contribution in [0, 0.1) is 0 Å². The molecule has 1 heterocycles. The second-order valence-corrected chi connectivity index (χ2v) is 4.86. The maximum atomic E-state index is 10.5. The van der Waals surface area contributed by atoms with Gasteiger partial charge in [0.1, 0.15) is 11.9 Å². The van der Waals surface area contributed by atoms with Crippen molar-refractivity contribution in [2.24, 2.45) is 0 Å². The second-order valence-electron chi connectivity index (χ2n) is 4.86. The summed E-state index contributed by atoms with van der Waals surface area (Å²) < 4.78 is 7.55. The van der Waals surface area contributed by atoms with Crippen molar-refractivity contribution in [1.82, 2.24) is 9.55 Å². The molecule has 1 N–H and O–H groups in total. The fraction of sp³-hybridized carbons (Fsp3) is 0.400. The molecule has 19 heavy (non-hydrogen) atoms. The molecule has 1 unspecified atom stereocenters. The summed E-state index contributed by atoms with van der Waals surface area (Å²) in [5, 5.41) is 10.5. The molecule has 1 atom stereocenters. The SMILES string of the molecule is CCOc1cccc(C(O)c2cncn2C2CC2)c1. The van der Waals surface area contributed by atoms with E-state index in [2.05, 4.69) is 9.55 Å². The van der Waals surface area contributed by atoms with Gasteiger partial charge in [-0.25, -0.2) is 4.98 Å². The van der Waals surface area contributed by atoms with Crippen LogP contribution < -0.4 is 4.74 Å². The number of aliphatic hydroxyl groups is 1. The molecule has 1 aromatic carbocycles. The van der Waals surface area contributed by atoms with Crippen molar-refractivity contribution < 1.29 is 9.84 Å². The quantitative estimate of drug-likeness (QED) is 0.897. The van der Waals surface area contributed by atoms with Gasteiger partial charge in [0.2, 0.25) is 0 Å². The van der Waals surface area contributed by atoms with Crippen molar-refractivity contribution in [3.63, 3.8) is 0 Å². The van der Waals surface area contributed by atoms with Gasteiger partial charge >= 0.3 is 0 Å². The second kappa shape index (κ2) is 5.05. The van der Waals surface area contributed by atoms with Crippen molar-refractivity contribution in [3.05, 3.63) is 48.0 Å². The fourth-order valence-electron chi connectivity index (χ4n) is 2.30. The van der Waals surface area contributed by atoms with Crippen LogP contribution in [0.4, 0.5) is 0 Å². The van der Waals surface area contributed by atoms with E-state index in [1.165, 1.54) is 12.8 Å². The van der Waals surface area contributed by atoms with Gasteiger partial charge in [-0.2, -0.15) is 0 Å². The molecule has 1 aliphatic carbocycles. The van der Waals surface area contributed by atoms with Gasteiger partial charge in [-0.3, -0.25) is 0 Å². The van der Waals surface area contributed by atoms with Gasteiger partial charge in [-0.15, -0.1) is 0 Å². The lowest BCUT2D eigenvalue weighted by Gasteiger charge is -2.14. The van der Waals surface area contributed by atoms with Crippen molar-refractivity contribution in [2.45, 2.75) is 31.9 Å². The molecule has 0 radical (unpaired) electrons. The predicted molar refractivity (Wildman–Crippen MR) is 72.2 cm³/mol. The number of benzene rings is 1. The molecule has 1 aromatic heterocycles. The van der Waals surface area contributed by atoms with Crippen molar-refractivity contribution >= 4 is 0 Å². The number of hydrogen-bond donors (Lipinski definition) is 1. The zero-order chi connectivity index (χ0) is 13.2. The zero-order valence-corrected chi connectivity index (χ0v) is 11.0. The third-order valence-electron chi connectivity index (χ3n) is 3.40. The Hall–Kier alpha value is -1.81. The largest absolute Gasteiger partial charge is 0.494 e. The average Bonchev–Trinajstić information content (AvgIpc) is 3.16. The van der Waals surface area contributed by atoms with Crippen LogP contribution >= 0.6 is 0 Å². The summed E-state index contributed by atoms with van der Waals surface area (Å²) in [6.07, 6.45) is 5.26. The van der Waals surface area contributed by atoms with Crippen LogP contribution in [-0.2, 0) is 0 Å². The van der Waals surface area contributed by atoms with Crippen molar-refractivity contribution in [3.8, 4) is 5.75 Å². The number of hydrogen-bond acceptors (Lipinski definition) is 3. The number of aliphatic hydroxyl groups excluding tert-OH is 1. The number of imidazole rings is 1. The van der Waals surface area contributed by atoms with Crippen LogP contribution in [0.2, 0.25) is 0 Å². The fourth-order valence-corrected chi connectivity index (χ4v) is 2.30. The molecule has 0 amide bonds. The summed E-state index contributed by atoms with van der Waals surface area (Å²) in [6, 6.07) is 8.12. The van der Waals surface area contributed by atoms with Crippen LogP contribution in [0.3, 0.4) is 0 Å². The Morgan fingerprint density at radius 3 is 3.05 bits per heavy atom. The molecule has 3 rings (SSSR count). The minimum absolute atomic E-state index is 0.516. The third kappa shape index (κ3) is 2.49. The summed E-state index contributed by atoms with van der Waals surface area (Å²) in [7, 11) is 0. The molecule has 1 saturated carbocycles. The number of aromatic nitrogens is 2. The van der Waals surface area contributed by atoms with E-state index in [-0.39, 0.29) is 0 Å². The zero-order valence-electron chi connectivity index (χ0n) is 11.0. The van der Waals surface area contributed by atoms with Gasteiger partial charge in [0.25, 0.3) is 0 Å². The smallest absolute Gasteiger partial charge is 0.121 e. The van der Waals surface area contributed by atoms with Crippen LogP contribution in [0.15, 0.2) is 36.8 Å². The van der Waals surface area contributed by atoms with E-state index < -0.39 is 6.10 Å². The number of rotatable bonds is 5. The van der Waals surface area contributed by atoms with E-state index in [4.69, 9.17) is 4.74 Å². The standard InChI is InChI=1S/C15H18N2O2/c1-2-19-13-5-3-4-11(8-13)15(18)14-9-16-10-17(14)12-6-7-12/h3-5,8-10,12,15,18H,2,6-7H2,1H3. The summed E-state index contributed by atoms with van der Waals surface area (Å²) in [5.41, 5.74) is 1.70. The summed E-state index contributed by atoms with van der Waals surface area (Å²) in [6.45, 7) is 2.57. The van der Waals surface area contributed by atoms with Gasteiger partial charge in [-0.05, 0) is 37.5 Å². The van der Waals surface area contributed by atoms with E-state index in [0.29, 0.717) is 12.6 Å². The highest BCUT2D eigenvalue weighted by Gasteiger charge is 2.27. The minimum Gasteiger partial charge on any atom is -0.494 e. The van der Waals surface area contributed by atoms with E-state index in [1.807, 2.05) is 37.5 Å². The Labute approximate surface area is 112 Å². The first-order valence-corrected chi connectivity index (χ1v) is 6.72. The first-order chi connectivity index (χ1) is 9.29. The maximum absolute atomic E-state index is 10.5. The van der Waals surface area contributed by atoms with Gasteiger partial charge in [-0.1, -0.05) is 12.1 Å². The van der Waals surface area contributed by atoms with Crippen LogP contribution in [0.25, 0.3) is 0 Å². The van der Waals surface area contributed by atoms with Crippen LogP contribution in [-0.4, -0.2) is 21.3 Å². The Morgan fingerprint density at radius 1 is 1.47 bits per heavy atom. The van der Waals surface area contributed by atoms with Gasteiger partial charge in [0, 0.05) is 6.04 Å². The Balaban J connectivity index is 1.88. The number of nitrogens with zero attached hydrogens (tertiary/aromatic N) is 2. The maximum Gasteiger partial charge on any atom is 0.121 e. The first kappa shape index (κ1) is 12.2. The lowest BCUT2D eigenvalue weighted by Crippen LogP contribution is -2.07. The molecule has 1 fully saturated rings. The topological polar surface area (TPSA) is 47.3 Å². The molecular weight excluding hydrogens is 240 g/mol. The Kier molecular flexibility index (Phi) is 3.25. The average molecular weight is 258 g/mol. The third-order valence-corrected chi connectivity index (χ3v) is 3.40. The minimum atomic E-state index is -0.650. The highest BCUT2D eigenvalue weighted by Crippen LogP contribution is 2.38. The van der Waals surface area contributed by atoms with Crippen LogP contribution in [0.5, 0.6) is 5.75 Å². The predicted octanol–water partition coefficient (Wildman–Crippen LogP) is 2.70. The Morgan fingerprint density at radius 2 is 2.32 bits per heavy atom. The van der Waals surface area contributed by atoms with Gasteiger partial charge in [0.05, 0.1) is 24.8 Å². The van der Waals surface area contributed by atoms with Crippen molar-refractivity contribution in [2.75, 3.05) is 6.61 Å². The summed E-state index contributed by atoms with van der Waals surface area (Å²) in [4.78, 5) is 4.16. The van der Waals surface area contributed by atoms with E-state index in [0.717, 1.165) is 17.0 Å². The number of ether oxygens (including phenoxy) is 1. The molecule has 2 aromatic rings. The van der Waals surface area contributed by atoms with E-state index in [1.54, 1.807) is 6.20 Å². The summed E-state index contributed by atoms with van der Waals surface area (Å²) >= 11 is 0. The lowest BCUT2D eigenvalue weighted by molar-refractivity contribution is 0.209. The van der Waals surface area contributed by atoms with Crippen molar-refractivity contribution in [1.29, 1.82) is 0 Å².